The quantitative estimate of drug-likeness (QED) is 0.403. The fraction of sp³-hybridized carbons (Fsp3) is 0.333. The van der Waals surface area contributed by atoms with Crippen LogP contribution in [0.2, 0.25) is 0 Å². The molecule has 3 aromatic rings. The second kappa shape index (κ2) is 11.0. The number of methoxy groups -OCH3 is 3. The summed E-state index contributed by atoms with van der Waals surface area (Å²) in [5.41, 5.74) is 4.33. The molecule has 0 saturated heterocycles. The molecule has 1 N–H and O–H groups in total. The lowest BCUT2D eigenvalue weighted by Crippen LogP contribution is -2.36. The van der Waals surface area contributed by atoms with Crippen LogP contribution in [0.4, 0.5) is 0 Å². The highest BCUT2D eigenvalue weighted by Crippen LogP contribution is 2.55. The van der Waals surface area contributed by atoms with Crippen LogP contribution in [0.25, 0.3) is 11.1 Å². The summed E-state index contributed by atoms with van der Waals surface area (Å²) in [6.45, 7) is 2.49. The molecule has 0 amide bonds. The number of carboxylic acids is 1. The van der Waals surface area contributed by atoms with Crippen molar-refractivity contribution in [2.45, 2.75) is 19.4 Å². The summed E-state index contributed by atoms with van der Waals surface area (Å²) < 4.78 is 34.4. The molecule has 0 radical (unpaired) electrons. The van der Waals surface area contributed by atoms with Crippen LogP contribution in [0.1, 0.15) is 43.4 Å². The number of aromatic carboxylic acids is 1. The zero-order valence-corrected chi connectivity index (χ0v) is 23.0. The zero-order valence-electron chi connectivity index (χ0n) is 23.0. The number of carbonyl (C=O) groups excluding carboxylic acids is 1. The highest BCUT2D eigenvalue weighted by molar-refractivity contribution is 5.95. The van der Waals surface area contributed by atoms with Crippen molar-refractivity contribution in [1.29, 1.82) is 0 Å². The molecule has 0 spiro atoms. The first kappa shape index (κ1) is 27.1. The van der Waals surface area contributed by atoms with Gasteiger partial charge in [0.2, 0.25) is 12.5 Å². The van der Waals surface area contributed by atoms with Crippen LogP contribution in [0, 0.1) is 6.92 Å². The molecule has 210 valence electrons. The molecule has 0 saturated carbocycles. The van der Waals surface area contributed by atoms with Crippen molar-refractivity contribution in [3.8, 4) is 39.9 Å². The van der Waals surface area contributed by atoms with Gasteiger partial charge in [-0.25, -0.2) is 9.59 Å². The summed E-state index contributed by atoms with van der Waals surface area (Å²) in [7, 11) is 6.50. The predicted molar refractivity (Wildman–Crippen MR) is 145 cm³/mol. The number of nitrogens with zero attached hydrogens (tertiary/aromatic N) is 1. The SMILES string of the molecule is COc1ccc(C)c(C(=O)OCC2c3c(c(-c4cccc(C(=O)O)c4)c4c(c3OC)OCO4)CCN2C)c1OC. The van der Waals surface area contributed by atoms with Crippen LogP contribution in [0.5, 0.6) is 28.7 Å². The minimum absolute atomic E-state index is 0.00457. The van der Waals surface area contributed by atoms with Crippen LogP contribution >= 0.6 is 0 Å². The molecule has 1 atom stereocenters. The summed E-state index contributed by atoms with van der Waals surface area (Å²) in [6.07, 6.45) is 0.638. The van der Waals surface area contributed by atoms with Gasteiger partial charge in [0.1, 0.15) is 12.2 Å². The van der Waals surface area contributed by atoms with E-state index in [1.807, 2.05) is 20.0 Å². The number of hydrogen-bond donors (Lipinski definition) is 1. The van der Waals surface area contributed by atoms with Gasteiger partial charge in [-0.05, 0) is 55.3 Å². The summed E-state index contributed by atoms with van der Waals surface area (Å²) in [5.74, 6) is 0.635. The van der Waals surface area contributed by atoms with Gasteiger partial charge in [-0.15, -0.1) is 0 Å². The number of rotatable bonds is 8. The average molecular weight is 550 g/mol. The Morgan fingerprint density at radius 2 is 1.77 bits per heavy atom. The highest BCUT2D eigenvalue weighted by atomic mass is 16.7. The molecule has 2 aliphatic rings. The van der Waals surface area contributed by atoms with E-state index in [4.69, 9.17) is 28.4 Å². The molecule has 1 unspecified atom stereocenters. The monoisotopic (exact) mass is 549 g/mol. The molecule has 0 aliphatic carbocycles. The molecule has 0 bridgehead atoms. The van der Waals surface area contributed by atoms with Gasteiger partial charge in [0.15, 0.2) is 23.0 Å². The van der Waals surface area contributed by atoms with E-state index >= 15 is 0 Å². The van der Waals surface area contributed by atoms with Crippen molar-refractivity contribution in [1.82, 2.24) is 4.90 Å². The number of fused-ring (bicyclic) bond motifs is 2. The molecule has 5 rings (SSSR count). The van der Waals surface area contributed by atoms with Gasteiger partial charge in [0, 0.05) is 17.7 Å². The number of carbonyl (C=O) groups is 2. The van der Waals surface area contributed by atoms with Crippen molar-refractivity contribution in [2.75, 3.05) is 48.3 Å². The predicted octanol–water partition coefficient (Wildman–Crippen LogP) is 4.50. The van der Waals surface area contributed by atoms with Crippen LogP contribution in [0.15, 0.2) is 36.4 Å². The van der Waals surface area contributed by atoms with Crippen LogP contribution < -0.4 is 23.7 Å². The third kappa shape index (κ3) is 4.54. The molecule has 10 nitrogen and oxygen atoms in total. The number of ether oxygens (including phenoxy) is 6. The van der Waals surface area contributed by atoms with Crippen molar-refractivity contribution in [3.05, 3.63) is 64.2 Å². The summed E-state index contributed by atoms with van der Waals surface area (Å²) >= 11 is 0. The minimum atomic E-state index is -1.02. The molecule has 0 fully saturated rings. The number of hydrogen-bond acceptors (Lipinski definition) is 9. The van der Waals surface area contributed by atoms with E-state index in [-0.39, 0.29) is 25.0 Å². The fourth-order valence-corrected chi connectivity index (χ4v) is 5.47. The fourth-order valence-electron chi connectivity index (χ4n) is 5.47. The van der Waals surface area contributed by atoms with Gasteiger partial charge in [0.05, 0.1) is 32.9 Å². The summed E-state index contributed by atoms with van der Waals surface area (Å²) in [6, 6.07) is 9.86. The first-order chi connectivity index (χ1) is 19.3. The number of likely N-dealkylation sites (N-methyl/N-ethyl adjacent to an activating group) is 1. The van der Waals surface area contributed by atoms with Gasteiger partial charge < -0.3 is 33.5 Å². The van der Waals surface area contributed by atoms with E-state index in [0.717, 1.165) is 16.7 Å². The van der Waals surface area contributed by atoms with Gasteiger partial charge in [-0.1, -0.05) is 18.2 Å². The summed E-state index contributed by atoms with van der Waals surface area (Å²) in [4.78, 5) is 27.2. The standard InChI is InChI=1S/C30H31NO9/c1-16-9-10-21(35-3)25(36-4)22(16)30(34)38-14-20-24-19(11-12-31(20)2)23(17-7-6-8-18(13-17)29(32)33)27-28(26(24)37-5)40-15-39-27/h6-10,13,20H,11-12,14-15H2,1-5H3,(H,32,33). The molecule has 40 heavy (non-hydrogen) atoms. The second-order valence-corrected chi connectivity index (χ2v) is 9.59. The van der Waals surface area contributed by atoms with Crippen LogP contribution in [0.3, 0.4) is 0 Å². The Kier molecular flexibility index (Phi) is 7.44. The lowest BCUT2D eigenvalue weighted by molar-refractivity contribution is 0.0356. The van der Waals surface area contributed by atoms with Crippen molar-refractivity contribution in [2.24, 2.45) is 0 Å². The Bertz CT molecular complexity index is 1480. The molecule has 3 aromatic carbocycles. The maximum absolute atomic E-state index is 13.4. The third-order valence-corrected chi connectivity index (χ3v) is 7.43. The highest BCUT2D eigenvalue weighted by Gasteiger charge is 2.38. The Hall–Kier alpha value is -4.44. The first-order valence-electron chi connectivity index (χ1n) is 12.8. The largest absolute Gasteiger partial charge is 0.493 e. The van der Waals surface area contributed by atoms with Crippen LogP contribution in [-0.4, -0.2) is 70.3 Å². The maximum atomic E-state index is 13.4. The van der Waals surface area contributed by atoms with Gasteiger partial charge in [-0.3, -0.25) is 4.90 Å². The smallest absolute Gasteiger partial charge is 0.342 e. The second-order valence-electron chi connectivity index (χ2n) is 9.59. The number of aryl methyl sites for hydroxylation is 1. The minimum Gasteiger partial charge on any atom is -0.493 e. The lowest BCUT2D eigenvalue weighted by atomic mass is 9.84. The Morgan fingerprint density at radius 1 is 1.02 bits per heavy atom. The zero-order chi connectivity index (χ0) is 28.6. The third-order valence-electron chi connectivity index (χ3n) is 7.43. The average Bonchev–Trinajstić information content (AvgIpc) is 3.44. The maximum Gasteiger partial charge on any atom is 0.342 e. The number of esters is 1. The van der Waals surface area contributed by atoms with Crippen molar-refractivity contribution >= 4 is 11.9 Å². The Balaban J connectivity index is 1.59. The topological polar surface area (TPSA) is 113 Å². The van der Waals surface area contributed by atoms with Crippen molar-refractivity contribution < 1.29 is 43.1 Å². The Labute approximate surface area is 231 Å². The van der Waals surface area contributed by atoms with Crippen LogP contribution in [-0.2, 0) is 11.2 Å². The van der Waals surface area contributed by atoms with E-state index in [0.29, 0.717) is 58.4 Å². The molecular formula is C30H31NO9. The van der Waals surface area contributed by atoms with E-state index in [2.05, 4.69) is 4.90 Å². The molecule has 2 aliphatic heterocycles. The number of carboxylic acid groups (broad SMARTS) is 1. The van der Waals surface area contributed by atoms with E-state index in [1.54, 1.807) is 37.4 Å². The van der Waals surface area contributed by atoms with Gasteiger partial charge in [0.25, 0.3) is 0 Å². The van der Waals surface area contributed by atoms with E-state index in [9.17, 15) is 14.7 Å². The summed E-state index contributed by atoms with van der Waals surface area (Å²) in [5, 5.41) is 9.60. The van der Waals surface area contributed by atoms with Gasteiger partial charge in [-0.2, -0.15) is 0 Å². The Morgan fingerprint density at radius 3 is 2.48 bits per heavy atom. The van der Waals surface area contributed by atoms with Gasteiger partial charge >= 0.3 is 11.9 Å². The molecular weight excluding hydrogens is 518 g/mol. The normalized spacial score (nSPS) is 15.8. The van der Waals surface area contributed by atoms with E-state index < -0.39 is 11.9 Å². The number of benzene rings is 3. The molecule has 2 heterocycles. The molecule has 10 heteroatoms. The van der Waals surface area contributed by atoms with E-state index in [1.165, 1.54) is 14.2 Å². The first-order valence-corrected chi connectivity index (χ1v) is 12.8. The lowest BCUT2D eigenvalue weighted by Gasteiger charge is -2.36. The molecule has 0 aromatic heterocycles. The van der Waals surface area contributed by atoms with Crippen molar-refractivity contribution in [3.63, 3.8) is 0 Å².